The normalized spacial score (nSPS) is 38.8. The maximum atomic E-state index is 11.0. The summed E-state index contributed by atoms with van der Waals surface area (Å²) in [6.45, 7) is -0.988. The summed E-state index contributed by atoms with van der Waals surface area (Å²) in [4.78, 5) is 0. The maximum absolute atomic E-state index is 11.0. The van der Waals surface area contributed by atoms with Crippen molar-refractivity contribution in [1.82, 2.24) is 5.32 Å². The molecule has 11 nitrogen and oxygen atoms in total. The van der Waals surface area contributed by atoms with Crippen LogP contribution in [-0.4, -0.2) is 110 Å². The zero-order valence-electron chi connectivity index (χ0n) is 18.3. The molecule has 34 heavy (non-hydrogen) atoms. The Morgan fingerprint density at radius 2 is 1.47 bits per heavy atom. The molecule has 4 rings (SSSR count). The first kappa shape index (κ1) is 25.4. The first-order valence-corrected chi connectivity index (χ1v) is 11.1. The fraction of sp³-hybridized carbons (Fsp3) is 0.565. The van der Waals surface area contributed by atoms with Crippen molar-refractivity contribution in [2.75, 3.05) is 13.2 Å². The molecule has 2 aliphatic heterocycles. The van der Waals surface area contributed by atoms with Gasteiger partial charge in [0, 0.05) is 6.54 Å². The summed E-state index contributed by atoms with van der Waals surface area (Å²) in [5.74, 6) is 0. The predicted molar refractivity (Wildman–Crippen MR) is 117 cm³/mol. The predicted octanol–water partition coefficient (Wildman–Crippen LogP) is -2.45. The molecule has 0 amide bonds. The zero-order valence-corrected chi connectivity index (χ0v) is 18.3. The number of nitrogens with one attached hydrogen (secondary N) is 1. The zero-order chi connectivity index (χ0) is 24.4. The Balaban J connectivity index is 1.49. The standard InChI is InChI=1S/C23H31NO10/c25-9-14-17(27)19(29)20(30)23(33-14)34-21-15(10-26)32-22(31)16(18(21)28)24-8-12-6-3-5-11-4-1-2-7-13(11)12/h1-7,14-31H,8-10H2/t14-,15-,16-,17+,18-,19+,20-,21-,22?,23+/m1/s1. The monoisotopic (exact) mass is 481 g/mol. The van der Waals surface area contributed by atoms with E-state index >= 15 is 0 Å². The van der Waals surface area contributed by atoms with E-state index < -0.39 is 74.6 Å². The molecule has 1 unspecified atom stereocenters. The number of rotatable bonds is 7. The highest BCUT2D eigenvalue weighted by molar-refractivity contribution is 5.85. The highest BCUT2D eigenvalue weighted by Gasteiger charge is 2.50. The SMILES string of the molecule is OC[C@H]1O[C@@H](O[C@H]2[C@H](O)[C@@H](NCc3cccc4ccccc34)C(O)O[C@@H]2CO)[C@H](O)[C@@H](O)[C@H]1O. The molecule has 0 spiro atoms. The summed E-state index contributed by atoms with van der Waals surface area (Å²) >= 11 is 0. The molecule has 8 N–H and O–H groups in total. The van der Waals surface area contributed by atoms with Crippen molar-refractivity contribution in [2.24, 2.45) is 0 Å². The van der Waals surface area contributed by atoms with Crippen LogP contribution in [0.1, 0.15) is 5.56 Å². The van der Waals surface area contributed by atoms with Crippen LogP contribution in [0.2, 0.25) is 0 Å². The number of fused-ring (bicyclic) bond motifs is 1. The first-order chi connectivity index (χ1) is 16.3. The number of aliphatic hydroxyl groups excluding tert-OH is 7. The Labute approximate surface area is 195 Å². The summed E-state index contributed by atoms with van der Waals surface area (Å²) in [5.41, 5.74) is 0.924. The van der Waals surface area contributed by atoms with Gasteiger partial charge in [-0.15, -0.1) is 0 Å². The molecule has 2 aromatic rings. The van der Waals surface area contributed by atoms with Crippen molar-refractivity contribution in [2.45, 2.75) is 67.9 Å². The van der Waals surface area contributed by atoms with E-state index in [2.05, 4.69) is 5.32 Å². The van der Waals surface area contributed by atoms with Crippen LogP contribution in [0.25, 0.3) is 10.8 Å². The molecule has 10 atom stereocenters. The Morgan fingerprint density at radius 1 is 0.765 bits per heavy atom. The summed E-state index contributed by atoms with van der Waals surface area (Å²) in [6, 6.07) is 12.5. The van der Waals surface area contributed by atoms with Gasteiger partial charge >= 0.3 is 0 Å². The second-order valence-corrected chi connectivity index (χ2v) is 8.58. The van der Waals surface area contributed by atoms with Crippen LogP contribution in [0.15, 0.2) is 42.5 Å². The molecule has 0 radical (unpaired) electrons. The topological polar surface area (TPSA) is 181 Å². The van der Waals surface area contributed by atoms with E-state index in [1.54, 1.807) is 0 Å². The van der Waals surface area contributed by atoms with Crippen molar-refractivity contribution < 1.29 is 50.0 Å². The van der Waals surface area contributed by atoms with Crippen LogP contribution in [0, 0.1) is 0 Å². The van der Waals surface area contributed by atoms with E-state index in [4.69, 9.17) is 14.2 Å². The van der Waals surface area contributed by atoms with Gasteiger partial charge in [0.25, 0.3) is 0 Å². The van der Waals surface area contributed by atoms with Crippen molar-refractivity contribution in [3.8, 4) is 0 Å². The number of ether oxygens (including phenoxy) is 3. The molecule has 2 aromatic carbocycles. The lowest BCUT2D eigenvalue weighted by atomic mass is 9.95. The molecule has 2 heterocycles. The van der Waals surface area contributed by atoms with Gasteiger partial charge in [0.05, 0.1) is 19.3 Å². The van der Waals surface area contributed by atoms with E-state index in [0.717, 1.165) is 16.3 Å². The van der Waals surface area contributed by atoms with Gasteiger partial charge in [0.1, 0.15) is 42.7 Å². The minimum atomic E-state index is -1.70. The Hall–Kier alpha value is -1.74. The van der Waals surface area contributed by atoms with Crippen LogP contribution < -0.4 is 5.32 Å². The molecule has 0 saturated carbocycles. The number of aliphatic hydroxyl groups is 7. The summed E-state index contributed by atoms with van der Waals surface area (Å²) in [6.07, 6.45) is -13.0. The number of benzene rings is 2. The molecular weight excluding hydrogens is 450 g/mol. The lowest BCUT2D eigenvalue weighted by Crippen LogP contribution is -2.66. The largest absolute Gasteiger partial charge is 0.394 e. The van der Waals surface area contributed by atoms with Gasteiger partial charge in [0.2, 0.25) is 0 Å². The summed E-state index contributed by atoms with van der Waals surface area (Å²) in [5, 5.41) is 75.9. The smallest absolute Gasteiger partial charge is 0.187 e. The van der Waals surface area contributed by atoms with Crippen molar-refractivity contribution in [3.05, 3.63) is 48.0 Å². The van der Waals surface area contributed by atoms with Gasteiger partial charge in [-0.1, -0.05) is 42.5 Å². The molecule has 11 heteroatoms. The van der Waals surface area contributed by atoms with Gasteiger partial charge < -0.3 is 55.3 Å². The minimum Gasteiger partial charge on any atom is -0.394 e. The van der Waals surface area contributed by atoms with Gasteiger partial charge in [-0.25, -0.2) is 0 Å². The highest BCUT2D eigenvalue weighted by Crippen LogP contribution is 2.29. The van der Waals surface area contributed by atoms with Gasteiger partial charge in [-0.3, -0.25) is 0 Å². The van der Waals surface area contributed by atoms with Crippen LogP contribution in [0.4, 0.5) is 0 Å². The van der Waals surface area contributed by atoms with Crippen molar-refractivity contribution in [1.29, 1.82) is 0 Å². The minimum absolute atomic E-state index is 0.278. The number of hydrogen-bond donors (Lipinski definition) is 8. The summed E-state index contributed by atoms with van der Waals surface area (Å²) in [7, 11) is 0. The van der Waals surface area contributed by atoms with Crippen LogP contribution >= 0.6 is 0 Å². The first-order valence-electron chi connectivity index (χ1n) is 11.1. The fourth-order valence-electron chi connectivity index (χ4n) is 4.48. The fourth-order valence-corrected chi connectivity index (χ4v) is 4.48. The third-order valence-electron chi connectivity index (χ3n) is 6.42. The third kappa shape index (κ3) is 4.96. The van der Waals surface area contributed by atoms with Gasteiger partial charge in [-0.05, 0) is 16.3 Å². The Morgan fingerprint density at radius 3 is 2.21 bits per heavy atom. The Bertz CT molecular complexity index is 940. The van der Waals surface area contributed by atoms with Crippen molar-refractivity contribution >= 4 is 10.8 Å². The average molecular weight is 481 g/mol. The van der Waals surface area contributed by atoms with E-state index in [1.165, 1.54) is 0 Å². The Kier molecular flexibility index (Phi) is 8.12. The van der Waals surface area contributed by atoms with Crippen LogP contribution in [-0.2, 0) is 20.8 Å². The lowest BCUT2D eigenvalue weighted by molar-refractivity contribution is -0.345. The molecule has 2 fully saturated rings. The van der Waals surface area contributed by atoms with E-state index in [0.29, 0.717) is 0 Å². The van der Waals surface area contributed by atoms with E-state index in [1.807, 2.05) is 42.5 Å². The van der Waals surface area contributed by atoms with Gasteiger partial charge in [-0.2, -0.15) is 0 Å². The van der Waals surface area contributed by atoms with Gasteiger partial charge in [0.15, 0.2) is 12.6 Å². The molecule has 2 saturated heterocycles. The molecule has 0 bridgehead atoms. The molecular formula is C23H31NO10. The third-order valence-corrected chi connectivity index (χ3v) is 6.42. The summed E-state index contributed by atoms with van der Waals surface area (Å²) < 4.78 is 16.5. The lowest BCUT2D eigenvalue weighted by Gasteiger charge is -2.46. The van der Waals surface area contributed by atoms with E-state index in [-0.39, 0.29) is 6.54 Å². The molecule has 0 aromatic heterocycles. The molecule has 0 aliphatic carbocycles. The second kappa shape index (κ2) is 10.9. The number of hydrogen-bond acceptors (Lipinski definition) is 11. The maximum Gasteiger partial charge on any atom is 0.187 e. The van der Waals surface area contributed by atoms with Crippen LogP contribution in [0.5, 0.6) is 0 Å². The quantitative estimate of drug-likeness (QED) is 0.210. The average Bonchev–Trinajstić information content (AvgIpc) is 2.85. The molecule has 2 aliphatic rings. The highest BCUT2D eigenvalue weighted by atomic mass is 16.7. The van der Waals surface area contributed by atoms with Crippen molar-refractivity contribution in [3.63, 3.8) is 0 Å². The molecule has 188 valence electrons. The van der Waals surface area contributed by atoms with E-state index in [9.17, 15) is 35.7 Å². The van der Waals surface area contributed by atoms with Crippen LogP contribution in [0.3, 0.4) is 0 Å². The second-order valence-electron chi connectivity index (χ2n) is 8.58.